The number of nitrogen functional groups attached to an aromatic ring is 1. The summed E-state index contributed by atoms with van der Waals surface area (Å²) in [5.41, 5.74) is 10.8. The summed E-state index contributed by atoms with van der Waals surface area (Å²) in [7, 11) is 0. The predicted molar refractivity (Wildman–Crippen MR) is 131 cm³/mol. The number of carbonyl (C=O) groups excluding carboxylic acids is 1. The number of nitrogens with one attached hydrogen (secondary N) is 1. The van der Waals surface area contributed by atoms with Crippen LogP contribution in [0, 0.1) is 5.41 Å². The average Bonchev–Trinajstić information content (AvgIpc) is 2.77. The minimum atomic E-state index is -0.367. The molecule has 5 rings (SSSR count). The van der Waals surface area contributed by atoms with Crippen LogP contribution in [0.25, 0.3) is 0 Å². The van der Waals surface area contributed by atoms with Crippen molar-refractivity contribution in [3.63, 3.8) is 0 Å². The topological polar surface area (TPSA) is 101 Å². The van der Waals surface area contributed by atoms with Crippen molar-refractivity contribution in [2.45, 2.75) is 43.5 Å². The summed E-state index contributed by atoms with van der Waals surface area (Å²) in [5.74, 6) is 1.67. The third kappa shape index (κ3) is 4.20. The number of thioether (sulfide) groups is 1. The number of hydrogen-bond acceptors (Lipinski definition) is 7. The largest absolute Gasteiger partial charge is 0.508 e. The van der Waals surface area contributed by atoms with Crippen LogP contribution < -0.4 is 11.1 Å². The number of hydrogen-bond donors (Lipinski definition) is 3. The predicted octanol–water partition coefficient (Wildman–Crippen LogP) is 5.26. The molecule has 33 heavy (non-hydrogen) atoms. The zero-order chi connectivity index (χ0) is 23.2. The lowest BCUT2D eigenvalue weighted by Gasteiger charge is -2.39. The molecule has 0 spiro atoms. The molecule has 1 unspecified atom stereocenters. The van der Waals surface area contributed by atoms with E-state index in [9.17, 15) is 9.90 Å². The van der Waals surface area contributed by atoms with Crippen molar-refractivity contribution in [2.24, 2.45) is 5.41 Å². The molecule has 0 fully saturated rings. The molecule has 2 aromatic carbocycles. The number of ketones is 1. The van der Waals surface area contributed by atoms with Crippen LogP contribution in [0.15, 0.2) is 71.0 Å². The molecular formula is C26H26N4O2S. The van der Waals surface area contributed by atoms with Gasteiger partial charge in [-0.2, -0.15) is 0 Å². The van der Waals surface area contributed by atoms with E-state index < -0.39 is 0 Å². The maximum absolute atomic E-state index is 13.3. The minimum absolute atomic E-state index is 0.111. The number of aromatic hydroxyl groups is 1. The van der Waals surface area contributed by atoms with E-state index in [1.165, 1.54) is 17.3 Å². The van der Waals surface area contributed by atoms with Crippen molar-refractivity contribution in [2.75, 3.05) is 11.1 Å². The molecule has 7 heteroatoms. The molecule has 0 radical (unpaired) electrons. The van der Waals surface area contributed by atoms with E-state index in [4.69, 9.17) is 10.7 Å². The summed E-state index contributed by atoms with van der Waals surface area (Å²) in [6.07, 6.45) is 1.22. The van der Waals surface area contributed by atoms with Gasteiger partial charge in [0, 0.05) is 34.9 Å². The summed E-state index contributed by atoms with van der Waals surface area (Å²) in [6, 6.07) is 17.1. The first-order valence-corrected chi connectivity index (χ1v) is 12.0. The van der Waals surface area contributed by atoms with E-state index in [1.54, 1.807) is 12.1 Å². The van der Waals surface area contributed by atoms with Crippen molar-refractivity contribution in [3.8, 4) is 5.75 Å². The Morgan fingerprint density at radius 2 is 1.82 bits per heavy atom. The van der Waals surface area contributed by atoms with Crippen LogP contribution in [-0.2, 0) is 10.5 Å². The highest BCUT2D eigenvalue weighted by Gasteiger charge is 2.42. The molecule has 6 nitrogen and oxygen atoms in total. The normalized spacial score (nSPS) is 19.0. The number of nitrogens with two attached hydrogens (primary N) is 1. The molecule has 3 aromatic rings. The SMILES string of the molecule is CC1(C)CC(=O)C2=C(C1)Nc1nc(SCc3ccccc3)nc(N)c1C2c1ccc(O)cc1. The molecule has 2 aliphatic rings. The molecule has 0 amide bonds. The first-order valence-electron chi connectivity index (χ1n) is 11.0. The number of rotatable bonds is 4. The zero-order valence-corrected chi connectivity index (χ0v) is 19.4. The van der Waals surface area contributed by atoms with Crippen LogP contribution in [0.2, 0.25) is 0 Å². The number of phenolic OH excluding ortho intramolecular Hbond substituents is 1. The van der Waals surface area contributed by atoms with Crippen molar-refractivity contribution < 1.29 is 9.90 Å². The molecule has 1 aliphatic heterocycles. The smallest absolute Gasteiger partial charge is 0.191 e. The second-order valence-corrected chi connectivity index (χ2v) is 10.4. The van der Waals surface area contributed by atoms with Gasteiger partial charge in [0.15, 0.2) is 10.9 Å². The molecule has 0 saturated heterocycles. The van der Waals surface area contributed by atoms with E-state index in [1.807, 2.05) is 30.3 Å². The summed E-state index contributed by atoms with van der Waals surface area (Å²) in [5, 5.41) is 13.8. The van der Waals surface area contributed by atoms with Crippen molar-refractivity contribution in [1.82, 2.24) is 9.97 Å². The van der Waals surface area contributed by atoms with Crippen molar-refractivity contribution in [1.29, 1.82) is 0 Å². The Hall–Kier alpha value is -3.32. The number of carbonyl (C=O) groups is 1. The molecule has 2 heterocycles. The number of Topliss-reactive ketones (excluding diaryl/α,β-unsaturated/α-hetero) is 1. The van der Waals surface area contributed by atoms with Gasteiger partial charge < -0.3 is 16.2 Å². The Balaban J connectivity index is 1.58. The van der Waals surface area contributed by atoms with Crippen molar-refractivity contribution in [3.05, 3.63) is 82.6 Å². The van der Waals surface area contributed by atoms with Crippen LogP contribution in [0.5, 0.6) is 5.75 Å². The minimum Gasteiger partial charge on any atom is -0.508 e. The zero-order valence-electron chi connectivity index (χ0n) is 18.6. The summed E-state index contributed by atoms with van der Waals surface area (Å²) in [4.78, 5) is 22.7. The molecule has 1 aromatic heterocycles. The Kier molecular flexibility index (Phi) is 5.37. The Morgan fingerprint density at radius 1 is 1.09 bits per heavy atom. The highest BCUT2D eigenvalue weighted by atomic mass is 32.2. The lowest BCUT2D eigenvalue weighted by Crippen LogP contribution is -2.34. The van der Waals surface area contributed by atoms with Crippen LogP contribution >= 0.6 is 11.8 Å². The number of fused-ring (bicyclic) bond motifs is 1. The third-order valence-corrected chi connectivity index (χ3v) is 7.08. The van der Waals surface area contributed by atoms with E-state index in [-0.39, 0.29) is 22.9 Å². The molecule has 0 bridgehead atoms. The highest BCUT2D eigenvalue weighted by Crippen LogP contribution is 2.50. The Bertz CT molecular complexity index is 1250. The molecule has 1 atom stereocenters. The second kappa shape index (κ2) is 8.23. The summed E-state index contributed by atoms with van der Waals surface area (Å²) in [6.45, 7) is 4.22. The van der Waals surface area contributed by atoms with Gasteiger partial charge in [0.05, 0.1) is 0 Å². The number of benzene rings is 2. The van der Waals surface area contributed by atoms with Crippen molar-refractivity contribution >= 4 is 29.2 Å². The van der Waals surface area contributed by atoms with Gasteiger partial charge >= 0.3 is 0 Å². The summed E-state index contributed by atoms with van der Waals surface area (Å²) < 4.78 is 0. The first kappa shape index (κ1) is 21.5. The average molecular weight is 459 g/mol. The first-order chi connectivity index (χ1) is 15.8. The fraction of sp³-hybridized carbons (Fsp3) is 0.269. The maximum atomic E-state index is 13.3. The lowest BCUT2D eigenvalue weighted by molar-refractivity contribution is -0.118. The molecule has 0 saturated carbocycles. The van der Waals surface area contributed by atoms with Gasteiger partial charge in [0.2, 0.25) is 0 Å². The fourth-order valence-electron chi connectivity index (χ4n) is 4.70. The van der Waals surface area contributed by atoms with E-state index in [0.29, 0.717) is 23.2 Å². The van der Waals surface area contributed by atoms with E-state index in [0.717, 1.165) is 34.6 Å². The monoisotopic (exact) mass is 458 g/mol. The van der Waals surface area contributed by atoms with Gasteiger partial charge in [-0.15, -0.1) is 0 Å². The second-order valence-electron chi connectivity index (χ2n) is 9.41. The number of anilines is 2. The number of allylic oxidation sites excluding steroid dienone is 2. The number of phenols is 1. The molecule has 1 aliphatic carbocycles. The Labute approximate surface area is 197 Å². The van der Waals surface area contributed by atoms with E-state index >= 15 is 0 Å². The van der Waals surface area contributed by atoms with Gasteiger partial charge in [-0.25, -0.2) is 9.97 Å². The van der Waals surface area contributed by atoms with Gasteiger partial charge in [-0.05, 0) is 35.1 Å². The van der Waals surface area contributed by atoms with Crippen LogP contribution in [0.1, 0.15) is 49.3 Å². The molecule has 4 N–H and O–H groups in total. The number of nitrogens with zero attached hydrogens (tertiary/aromatic N) is 2. The number of aromatic nitrogens is 2. The van der Waals surface area contributed by atoms with Gasteiger partial charge in [-0.1, -0.05) is 68.1 Å². The standard InChI is InChI=1S/C26H26N4O2S/c1-26(2)12-18-21(19(32)13-26)20(16-8-10-17(31)11-9-16)22-23(27)29-25(30-24(22)28-18)33-14-15-6-4-3-5-7-15/h3-11,20,31H,12-14H2,1-2H3,(H3,27,28,29,30). The van der Waals surface area contributed by atoms with Gasteiger partial charge in [0.25, 0.3) is 0 Å². The van der Waals surface area contributed by atoms with Crippen LogP contribution in [0.3, 0.4) is 0 Å². The van der Waals surface area contributed by atoms with Crippen LogP contribution in [0.4, 0.5) is 11.6 Å². The van der Waals surface area contributed by atoms with Crippen LogP contribution in [-0.4, -0.2) is 20.9 Å². The fourth-order valence-corrected chi connectivity index (χ4v) is 5.51. The van der Waals surface area contributed by atoms with E-state index in [2.05, 4.69) is 36.3 Å². The molecule has 168 valence electrons. The lowest BCUT2D eigenvalue weighted by atomic mass is 9.69. The Morgan fingerprint density at radius 3 is 2.55 bits per heavy atom. The maximum Gasteiger partial charge on any atom is 0.191 e. The quantitative estimate of drug-likeness (QED) is 0.362. The molecular weight excluding hydrogens is 432 g/mol. The highest BCUT2D eigenvalue weighted by molar-refractivity contribution is 7.98. The van der Waals surface area contributed by atoms with Gasteiger partial charge in [-0.3, -0.25) is 4.79 Å². The van der Waals surface area contributed by atoms with Gasteiger partial charge in [0.1, 0.15) is 17.4 Å². The summed E-state index contributed by atoms with van der Waals surface area (Å²) >= 11 is 1.53. The third-order valence-electron chi connectivity index (χ3n) is 6.16.